The lowest BCUT2D eigenvalue weighted by Gasteiger charge is -2.24. The zero-order valence-corrected chi connectivity index (χ0v) is 16.2. The minimum atomic E-state index is -0.609. The molecule has 0 aliphatic carbocycles. The Labute approximate surface area is 159 Å². The minimum Gasteiger partial charge on any atom is -0.459 e. The molecule has 0 saturated carbocycles. The number of benzene rings is 1. The molecule has 0 aliphatic heterocycles. The number of nitrogens with two attached hydrogens (primary N) is 1. The Balaban J connectivity index is 2.53. The second-order valence-corrected chi connectivity index (χ2v) is 7.02. The lowest BCUT2D eigenvalue weighted by atomic mass is 10.2. The second-order valence-electron chi connectivity index (χ2n) is 7.02. The zero-order valence-electron chi connectivity index (χ0n) is 16.2. The molecule has 0 unspecified atom stereocenters. The first-order valence-electron chi connectivity index (χ1n) is 8.91. The average Bonchev–Trinajstić information content (AvgIpc) is 2.58. The van der Waals surface area contributed by atoms with E-state index in [4.69, 9.17) is 15.2 Å². The molecule has 0 saturated heterocycles. The van der Waals surface area contributed by atoms with Crippen molar-refractivity contribution in [1.29, 1.82) is 0 Å². The number of ether oxygens (including phenoxy) is 2. The van der Waals surface area contributed by atoms with Gasteiger partial charge in [0.1, 0.15) is 11.6 Å². The molecule has 1 aromatic rings. The molecule has 4 N–H and O–H groups in total. The molecule has 9 nitrogen and oxygen atoms in total. The zero-order chi connectivity index (χ0) is 20.3. The molecule has 0 amide bonds. The molecule has 0 aromatic heterocycles. The number of nitrogens with one attached hydrogen (secondary N) is 2. The van der Waals surface area contributed by atoms with Crippen molar-refractivity contribution in [2.75, 3.05) is 32.8 Å². The summed E-state index contributed by atoms with van der Waals surface area (Å²) in [5.41, 5.74) is 5.64. The molecule has 0 fully saturated rings. The van der Waals surface area contributed by atoms with Gasteiger partial charge in [-0.15, -0.1) is 0 Å². The van der Waals surface area contributed by atoms with Crippen molar-refractivity contribution < 1.29 is 19.2 Å². The van der Waals surface area contributed by atoms with Gasteiger partial charge in [0.15, 0.2) is 0 Å². The molecular formula is C18H30N4O5. The Morgan fingerprint density at radius 2 is 1.89 bits per heavy atom. The number of carbonyl (C=O) groups is 1. The van der Waals surface area contributed by atoms with Crippen LogP contribution in [0, 0.1) is 10.1 Å². The second kappa shape index (κ2) is 11.6. The summed E-state index contributed by atoms with van der Waals surface area (Å²) < 4.78 is 11.0. The summed E-state index contributed by atoms with van der Waals surface area (Å²) in [7, 11) is 0. The molecule has 1 rings (SSSR count). The van der Waals surface area contributed by atoms with Gasteiger partial charge in [0, 0.05) is 38.3 Å². The normalized spacial score (nSPS) is 12.6. The van der Waals surface area contributed by atoms with Crippen LogP contribution in [0.15, 0.2) is 24.3 Å². The fraction of sp³-hybridized carbons (Fsp3) is 0.611. The maximum atomic E-state index is 12.4. The molecule has 9 heteroatoms. The Kier molecular flexibility index (Phi) is 9.87. The van der Waals surface area contributed by atoms with Crippen LogP contribution in [0.1, 0.15) is 26.3 Å². The number of nitrogens with zero attached hydrogens (tertiary/aromatic N) is 1. The Hall–Kier alpha value is -2.07. The number of non-ortho nitro benzene ring substituents is 1. The fourth-order valence-corrected chi connectivity index (χ4v) is 2.15. The van der Waals surface area contributed by atoms with Gasteiger partial charge in [-0.1, -0.05) is 0 Å². The molecule has 0 aliphatic rings. The number of esters is 1. The molecule has 0 bridgehead atoms. The van der Waals surface area contributed by atoms with Crippen molar-refractivity contribution in [1.82, 2.24) is 10.6 Å². The first-order chi connectivity index (χ1) is 12.7. The summed E-state index contributed by atoms with van der Waals surface area (Å²) in [6.45, 7) is 8.27. The van der Waals surface area contributed by atoms with Crippen LogP contribution in [0.25, 0.3) is 0 Å². The van der Waals surface area contributed by atoms with Crippen molar-refractivity contribution in [2.45, 2.75) is 39.0 Å². The van der Waals surface area contributed by atoms with E-state index in [-0.39, 0.29) is 24.9 Å². The van der Waals surface area contributed by atoms with Crippen LogP contribution in [0.5, 0.6) is 0 Å². The number of nitro groups is 1. The molecular weight excluding hydrogens is 352 g/mol. The number of nitro benzene ring substituents is 1. The van der Waals surface area contributed by atoms with Gasteiger partial charge in [0.2, 0.25) is 0 Å². The third-order valence-corrected chi connectivity index (χ3v) is 3.41. The topological polar surface area (TPSA) is 129 Å². The lowest BCUT2D eigenvalue weighted by Crippen LogP contribution is -2.46. The van der Waals surface area contributed by atoms with Gasteiger partial charge in [0.25, 0.3) is 5.69 Å². The number of carbonyl (C=O) groups excluding carboxylic acids is 1. The van der Waals surface area contributed by atoms with E-state index in [0.717, 1.165) is 5.56 Å². The Morgan fingerprint density at radius 3 is 2.44 bits per heavy atom. The van der Waals surface area contributed by atoms with E-state index in [1.807, 2.05) is 20.8 Å². The van der Waals surface area contributed by atoms with E-state index in [1.54, 1.807) is 12.1 Å². The van der Waals surface area contributed by atoms with Gasteiger partial charge in [0.05, 0.1) is 18.1 Å². The molecule has 1 atom stereocenters. The summed E-state index contributed by atoms with van der Waals surface area (Å²) in [4.78, 5) is 22.6. The van der Waals surface area contributed by atoms with Crippen molar-refractivity contribution in [2.24, 2.45) is 5.73 Å². The summed E-state index contributed by atoms with van der Waals surface area (Å²) in [6, 6.07) is 5.49. The van der Waals surface area contributed by atoms with Gasteiger partial charge in [-0.3, -0.25) is 14.9 Å². The van der Waals surface area contributed by atoms with Gasteiger partial charge < -0.3 is 25.8 Å². The van der Waals surface area contributed by atoms with E-state index in [1.165, 1.54) is 12.1 Å². The highest BCUT2D eigenvalue weighted by atomic mass is 16.6. The summed E-state index contributed by atoms with van der Waals surface area (Å²) in [5.74, 6) is -0.384. The maximum absolute atomic E-state index is 12.4. The van der Waals surface area contributed by atoms with Crippen LogP contribution in [0.3, 0.4) is 0 Å². The van der Waals surface area contributed by atoms with Crippen molar-refractivity contribution >= 4 is 11.7 Å². The molecule has 27 heavy (non-hydrogen) atoms. The summed E-state index contributed by atoms with van der Waals surface area (Å²) in [5, 5.41) is 16.9. The van der Waals surface area contributed by atoms with Crippen LogP contribution < -0.4 is 16.4 Å². The SMILES string of the molecule is CC(C)(C)OC(=O)[C@H](COCc1ccc([N+](=O)[O-])cc1)NCCNCCN. The van der Waals surface area contributed by atoms with Crippen LogP contribution >= 0.6 is 0 Å². The van der Waals surface area contributed by atoms with Gasteiger partial charge in [-0.2, -0.15) is 0 Å². The highest BCUT2D eigenvalue weighted by Gasteiger charge is 2.25. The Bertz CT molecular complexity index is 586. The van der Waals surface area contributed by atoms with E-state index in [9.17, 15) is 14.9 Å². The van der Waals surface area contributed by atoms with Crippen LogP contribution in [-0.2, 0) is 20.9 Å². The van der Waals surface area contributed by atoms with E-state index < -0.39 is 16.6 Å². The van der Waals surface area contributed by atoms with E-state index >= 15 is 0 Å². The predicted octanol–water partition coefficient (Wildman–Crippen LogP) is 0.960. The van der Waals surface area contributed by atoms with Gasteiger partial charge in [-0.25, -0.2) is 0 Å². The standard InChI is InChI=1S/C18H30N4O5/c1-18(2,3)27-17(23)16(21-11-10-20-9-8-19)13-26-12-14-4-6-15(7-5-14)22(24)25/h4-7,16,20-21H,8-13,19H2,1-3H3/t16-/m0/s1. The van der Waals surface area contributed by atoms with Crippen molar-refractivity contribution in [3.05, 3.63) is 39.9 Å². The average molecular weight is 382 g/mol. The monoisotopic (exact) mass is 382 g/mol. The highest BCUT2D eigenvalue weighted by molar-refractivity contribution is 5.76. The Morgan fingerprint density at radius 1 is 1.22 bits per heavy atom. The van der Waals surface area contributed by atoms with Crippen molar-refractivity contribution in [3.63, 3.8) is 0 Å². The van der Waals surface area contributed by atoms with Gasteiger partial charge >= 0.3 is 5.97 Å². The highest BCUT2D eigenvalue weighted by Crippen LogP contribution is 2.13. The third-order valence-electron chi connectivity index (χ3n) is 3.41. The summed E-state index contributed by atoms with van der Waals surface area (Å²) >= 11 is 0. The lowest BCUT2D eigenvalue weighted by molar-refractivity contribution is -0.384. The smallest absolute Gasteiger partial charge is 0.326 e. The number of hydrogen-bond acceptors (Lipinski definition) is 8. The fourth-order valence-electron chi connectivity index (χ4n) is 2.15. The van der Waals surface area contributed by atoms with Crippen LogP contribution in [0.4, 0.5) is 5.69 Å². The minimum absolute atomic E-state index is 0.0250. The third kappa shape index (κ3) is 10.00. The van der Waals surface area contributed by atoms with E-state index in [0.29, 0.717) is 26.2 Å². The quantitative estimate of drug-likeness (QED) is 0.211. The first-order valence-corrected chi connectivity index (χ1v) is 8.91. The van der Waals surface area contributed by atoms with Crippen molar-refractivity contribution in [3.8, 4) is 0 Å². The van der Waals surface area contributed by atoms with E-state index in [2.05, 4.69) is 10.6 Å². The first kappa shape index (κ1) is 23.0. The molecule has 0 spiro atoms. The van der Waals surface area contributed by atoms with Gasteiger partial charge in [-0.05, 0) is 38.5 Å². The van der Waals surface area contributed by atoms with Crippen LogP contribution in [-0.4, -0.2) is 55.3 Å². The molecule has 1 aromatic carbocycles. The predicted molar refractivity (Wildman–Crippen MR) is 102 cm³/mol. The molecule has 0 radical (unpaired) electrons. The molecule has 0 heterocycles. The number of hydrogen-bond donors (Lipinski definition) is 3. The summed E-state index contributed by atoms with van der Waals surface area (Å²) in [6.07, 6.45) is 0. The molecule has 152 valence electrons. The van der Waals surface area contributed by atoms with Crippen LogP contribution in [0.2, 0.25) is 0 Å². The largest absolute Gasteiger partial charge is 0.459 e. The number of rotatable bonds is 12. The maximum Gasteiger partial charge on any atom is 0.326 e.